The molecular weight excluding hydrogens is 483 g/mol. The number of hydrogen-bond donors (Lipinski definition) is 5. The molecule has 0 aliphatic carbocycles. The summed E-state index contributed by atoms with van der Waals surface area (Å²) in [5.74, 6) is 0. The predicted octanol–water partition coefficient (Wildman–Crippen LogP) is -5.38. The van der Waals surface area contributed by atoms with E-state index in [1.807, 2.05) is 0 Å². The average Bonchev–Trinajstić information content (AvgIpc) is 2.27. The Hall–Kier alpha value is 1.12. The van der Waals surface area contributed by atoms with Gasteiger partial charge in [0, 0.05) is 0 Å². The molecule has 0 aromatic heterocycles. The largest absolute Gasteiger partial charge is 1.00 e. The van der Waals surface area contributed by atoms with E-state index < -0.39 is 66.8 Å². The second kappa shape index (κ2) is 12.0. The van der Waals surface area contributed by atoms with E-state index in [4.69, 9.17) is 31.2 Å². The first-order chi connectivity index (χ1) is 10.6. The van der Waals surface area contributed by atoms with Crippen LogP contribution in [0.25, 0.3) is 0 Å². The second-order valence-corrected chi connectivity index (χ2v) is 8.19. The Kier molecular flexibility index (Phi) is 14.6. The van der Waals surface area contributed by atoms with Crippen LogP contribution in [-0.2, 0) is 54.1 Å². The van der Waals surface area contributed by atoms with Gasteiger partial charge in [-0.05, 0) is 0 Å². The Balaban J connectivity index is -0.000000772. The summed E-state index contributed by atoms with van der Waals surface area (Å²) >= 11 is 0. The molecule has 0 unspecified atom stereocenters. The normalized spacial score (nSPS) is 13.3. The molecular formula is C5H13KO16S4. The molecule has 0 spiro atoms. The third kappa shape index (κ3) is 29.9. The molecule has 0 bridgehead atoms. The zero-order valence-electron chi connectivity index (χ0n) is 12.7. The average molecular weight is 497 g/mol. The minimum absolute atomic E-state index is 0. The quantitative estimate of drug-likeness (QED) is 0.113. The summed E-state index contributed by atoms with van der Waals surface area (Å²) in [5, 5.41) is 0. The van der Waals surface area contributed by atoms with Crippen molar-refractivity contribution >= 4 is 41.6 Å². The predicted molar refractivity (Wildman–Crippen MR) is 74.5 cm³/mol. The van der Waals surface area contributed by atoms with Crippen LogP contribution in [0.2, 0.25) is 0 Å². The number of hydrogen-bond acceptors (Lipinski definition) is 11. The molecule has 0 saturated carbocycles. The van der Waals surface area contributed by atoms with Crippen LogP contribution in [0.1, 0.15) is 0 Å². The molecule has 0 saturated heterocycles. The molecule has 0 fully saturated rings. The van der Waals surface area contributed by atoms with Gasteiger partial charge in [0.15, 0.2) is 0 Å². The van der Waals surface area contributed by atoms with Crippen LogP contribution in [0, 0.1) is 12.3 Å². The van der Waals surface area contributed by atoms with Crippen molar-refractivity contribution in [2.75, 3.05) is 19.8 Å². The molecule has 0 aliphatic heterocycles. The zero-order valence-corrected chi connectivity index (χ0v) is 19.1. The number of rotatable bonds is 9. The minimum Gasteiger partial charge on any atom is -0.330 e. The molecule has 21 heteroatoms. The summed E-state index contributed by atoms with van der Waals surface area (Å²) in [7, 11) is -19.5. The van der Waals surface area contributed by atoms with Gasteiger partial charge in [-0.15, -0.1) is 0 Å². The van der Waals surface area contributed by atoms with Crippen molar-refractivity contribution in [1.29, 1.82) is 0 Å². The smallest absolute Gasteiger partial charge is 0.330 e. The van der Waals surface area contributed by atoms with Gasteiger partial charge in [0.25, 0.3) is 0 Å². The van der Waals surface area contributed by atoms with Crippen molar-refractivity contribution in [3.8, 4) is 0 Å². The Morgan fingerprint density at radius 3 is 0.885 bits per heavy atom. The molecule has 0 amide bonds. The third-order valence-electron chi connectivity index (χ3n) is 1.54. The van der Waals surface area contributed by atoms with Crippen molar-refractivity contribution < 1.29 is 120 Å². The van der Waals surface area contributed by atoms with Gasteiger partial charge in [-0.2, -0.15) is 33.7 Å². The molecule has 0 aliphatic rings. The van der Waals surface area contributed by atoms with E-state index in [2.05, 4.69) is 19.5 Å². The molecule has 0 rings (SSSR count). The maximum atomic E-state index is 10.4. The fourth-order valence-corrected chi connectivity index (χ4v) is 1.92. The summed E-state index contributed by atoms with van der Waals surface area (Å²) in [6, 6.07) is 0. The Bertz CT molecular complexity index is 725. The Labute approximate surface area is 192 Å². The Morgan fingerprint density at radius 2 is 0.769 bits per heavy atom. The van der Waals surface area contributed by atoms with Crippen molar-refractivity contribution in [2.45, 2.75) is 0 Å². The molecule has 0 aromatic carbocycles. The van der Waals surface area contributed by atoms with Crippen LogP contribution in [0.4, 0.5) is 0 Å². The van der Waals surface area contributed by atoms with Crippen LogP contribution in [0.15, 0.2) is 0 Å². The molecule has 0 aromatic rings. The van der Waals surface area contributed by atoms with Gasteiger partial charge in [0.05, 0.1) is 19.8 Å². The molecule has 0 radical (unpaired) electrons. The molecule has 26 heavy (non-hydrogen) atoms. The van der Waals surface area contributed by atoms with E-state index in [0.29, 0.717) is 0 Å². The summed E-state index contributed by atoms with van der Waals surface area (Å²) in [5.41, 5.74) is -2.01. The van der Waals surface area contributed by atoms with E-state index in [1.165, 1.54) is 0 Å². The van der Waals surface area contributed by atoms with Gasteiger partial charge in [0.1, 0.15) is 0 Å². The van der Waals surface area contributed by atoms with Gasteiger partial charge in [-0.1, -0.05) is 5.41 Å². The van der Waals surface area contributed by atoms with Crippen LogP contribution in [0.3, 0.4) is 0 Å². The summed E-state index contributed by atoms with van der Waals surface area (Å²) in [6.07, 6.45) is 0. The SMILES string of the molecule is O=S(=O)(O)O.[CH2-]C(COS(=O)(=O)O)(COS(=O)(=O)O)COS(=O)(=O)O.[K+]. The fourth-order valence-electron chi connectivity index (χ4n) is 0.723. The first-order valence-corrected chi connectivity index (χ1v) is 10.5. The molecule has 0 atom stereocenters. The third-order valence-corrected chi connectivity index (χ3v) is 2.79. The summed E-state index contributed by atoms with van der Waals surface area (Å²) < 4.78 is 130. The van der Waals surface area contributed by atoms with Gasteiger partial charge in [-0.3, -0.25) is 35.3 Å². The standard InChI is InChI=1S/C5H11O12S3.K.H2O4S/c1-5(2-15-18(6,7)8,3-16-19(9,10)11)4-17-20(12,13)14;;1-5(2,3)4/h1-4H2,(H,6,7,8)(H,9,10,11)(H,12,13,14);;(H2,1,2,3,4)/q-1;+1;. The first kappa shape index (κ1) is 31.8. The molecule has 5 N–H and O–H groups in total. The zero-order chi connectivity index (χ0) is 20.7. The van der Waals surface area contributed by atoms with E-state index in [0.717, 1.165) is 0 Å². The van der Waals surface area contributed by atoms with Crippen LogP contribution in [-0.4, -0.2) is 76.3 Å². The summed E-state index contributed by atoms with van der Waals surface area (Å²) in [4.78, 5) is 0. The fraction of sp³-hybridized carbons (Fsp3) is 0.800. The minimum atomic E-state index is -4.94. The van der Waals surface area contributed by atoms with E-state index in [9.17, 15) is 25.3 Å². The van der Waals surface area contributed by atoms with Gasteiger partial charge >= 0.3 is 93.0 Å². The first-order valence-electron chi connectivity index (χ1n) is 5.03. The van der Waals surface area contributed by atoms with Crippen LogP contribution >= 0.6 is 0 Å². The van der Waals surface area contributed by atoms with Crippen molar-refractivity contribution in [3.63, 3.8) is 0 Å². The summed E-state index contributed by atoms with van der Waals surface area (Å²) in [6.45, 7) is -0.0406. The maximum Gasteiger partial charge on any atom is 1.00 e. The van der Waals surface area contributed by atoms with Crippen LogP contribution in [0.5, 0.6) is 0 Å². The van der Waals surface area contributed by atoms with Crippen molar-refractivity contribution in [1.82, 2.24) is 0 Å². The topological polar surface area (TPSA) is 265 Å². The maximum absolute atomic E-state index is 10.4. The van der Waals surface area contributed by atoms with E-state index >= 15 is 0 Å². The van der Waals surface area contributed by atoms with Crippen molar-refractivity contribution in [2.24, 2.45) is 5.41 Å². The van der Waals surface area contributed by atoms with E-state index in [-0.39, 0.29) is 51.4 Å². The monoisotopic (exact) mass is 496 g/mol. The van der Waals surface area contributed by atoms with Crippen molar-refractivity contribution in [3.05, 3.63) is 6.92 Å². The van der Waals surface area contributed by atoms with Crippen LogP contribution < -0.4 is 51.4 Å². The van der Waals surface area contributed by atoms with E-state index in [1.54, 1.807) is 0 Å². The Morgan fingerprint density at radius 1 is 0.615 bits per heavy atom. The van der Waals surface area contributed by atoms with Gasteiger partial charge < -0.3 is 6.92 Å². The molecule has 0 heterocycles. The van der Waals surface area contributed by atoms with Gasteiger partial charge in [-0.25, -0.2) is 0 Å². The second-order valence-electron chi connectivity index (χ2n) is 4.02. The molecule has 16 nitrogen and oxygen atoms in total. The van der Waals surface area contributed by atoms with Gasteiger partial charge in [0.2, 0.25) is 0 Å². The molecule has 154 valence electrons.